The monoisotopic (exact) mass is 461 g/mol. The van der Waals surface area contributed by atoms with Crippen LogP contribution in [0.15, 0.2) is 66.0 Å². The lowest BCUT2D eigenvalue weighted by Gasteiger charge is -2.18. The molecule has 2 aromatic carbocycles. The zero-order chi connectivity index (χ0) is 21.9. The van der Waals surface area contributed by atoms with E-state index in [9.17, 15) is 4.79 Å². The van der Waals surface area contributed by atoms with Gasteiger partial charge in [-0.1, -0.05) is 36.9 Å². The number of ether oxygens (including phenoxy) is 1. The predicted molar refractivity (Wildman–Crippen MR) is 131 cm³/mol. The Morgan fingerprint density at radius 1 is 1.12 bits per heavy atom. The first-order valence-corrected chi connectivity index (χ1v) is 12.5. The zero-order valence-corrected chi connectivity index (χ0v) is 19.3. The van der Waals surface area contributed by atoms with Gasteiger partial charge in [-0.2, -0.15) is 0 Å². The van der Waals surface area contributed by atoms with Crippen molar-refractivity contribution in [3.8, 4) is 11.5 Å². The number of para-hydroxylation sites is 1. The molecule has 1 atom stereocenters. The van der Waals surface area contributed by atoms with Crippen LogP contribution in [-0.2, 0) is 17.6 Å². The van der Waals surface area contributed by atoms with Gasteiger partial charge in [-0.05, 0) is 67.1 Å². The summed E-state index contributed by atoms with van der Waals surface area (Å²) in [4.78, 5) is 24.0. The molecular formula is C25H23N3O2S2. The van der Waals surface area contributed by atoms with Gasteiger partial charge in [-0.25, -0.2) is 9.97 Å². The van der Waals surface area contributed by atoms with Crippen molar-refractivity contribution in [2.75, 3.05) is 11.1 Å². The third kappa shape index (κ3) is 4.64. The van der Waals surface area contributed by atoms with E-state index >= 15 is 0 Å². The van der Waals surface area contributed by atoms with E-state index in [4.69, 9.17) is 4.74 Å². The van der Waals surface area contributed by atoms with Crippen molar-refractivity contribution in [1.29, 1.82) is 0 Å². The number of rotatable bonds is 6. The number of fused-ring (bicyclic) bond motifs is 3. The first-order chi connectivity index (χ1) is 15.7. The van der Waals surface area contributed by atoms with E-state index in [0.29, 0.717) is 5.75 Å². The average molecular weight is 462 g/mol. The lowest BCUT2D eigenvalue weighted by Crippen LogP contribution is -2.14. The molecule has 0 saturated carbocycles. The molecule has 2 aromatic heterocycles. The number of anilines is 1. The van der Waals surface area contributed by atoms with Crippen molar-refractivity contribution in [3.05, 3.63) is 71.4 Å². The number of benzene rings is 2. The number of carbonyl (C=O) groups excluding carboxylic acids is 1. The maximum atomic E-state index is 12.6. The molecular weight excluding hydrogens is 438 g/mol. The van der Waals surface area contributed by atoms with E-state index in [-0.39, 0.29) is 5.91 Å². The number of nitrogens with zero attached hydrogens (tertiary/aromatic N) is 2. The van der Waals surface area contributed by atoms with Crippen LogP contribution in [-0.4, -0.2) is 21.6 Å². The second-order valence-electron chi connectivity index (χ2n) is 7.99. The van der Waals surface area contributed by atoms with Crippen molar-refractivity contribution in [2.45, 2.75) is 31.2 Å². The minimum absolute atomic E-state index is 0.0591. The fraction of sp³-hybridized carbons (Fsp3) is 0.240. The highest BCUT2D eigenvalue weighted by Gasteiger charge is 2.23. The lowest BCUT2D eigenvalue weighted by atomic mass is 9.89. The van der Waals surface area contributed by atoms with Crippen LogP contribution in [0, 0.1) is 5.92 Å². The molecule has 0 fully saturated rings. The number of hydrogen-bond donors (Lipinski definition) is 1. The van der Waals surface area contributed by atoms with Gasteiger partial charge in [-0.15, -0.1) is 11.3 Å². The Morgan fingerprint density at radius 3 is 2.72 bits per heavy atom. The van der Waals surface area contributed by atoms with Crippen molar-refractivity contribution in [2.24, 2.45) is 5.92 Å². The summed E-state index contributed by atoms with van der Waals surface area (Å²) in [7, 11) is 0. The maximum absolute atomic E-state index is 12.6. The molecule has 1 aliphatic rings. The summed E-state index contributed by atoms with van der Waals surface area (Å²) in [6.45, 7) is 2.30. The van der Waals surface area contributed by atoms with Gasteiger partial charge in [0.2, 0.25) is 5.91 Å². The summed E-state index contributed by atoms with van der Waals surface area (Å²) in [5.74, 6) is 2.46. The highest BCUT2D eigenvalue weighted by molar-refractivity contribution is 8.00. The first kappa shape index (κ1) is 21.0. The number of thioether (sulfide) groups is 1. The molecule has 0 bridgehead atoms. The molecule has 0 saturated heterocycles. The number of amides is 1. The Labute approximate surface area is 195 Å². The van der Waals surface area contributed by atoms with Crippen LogP contribution >= 0.6 is 23.1 Å². The van der Waals surface area contributed by atoms with Gasteiger partial charge in [0.15, 0.2) is 0 Å². The number of carbonyl (C=O) groups is 1. The van der Waals surface area contributed by atoms with Crippen molar-refractivity contribution in [1.82, 2.24) is 9.97 Å². The summed E-state index contributed by atoms with van der Waals surface area (Å²) < 4.78 is 5.80. The fourth-order valence-electron chi connectivity index (χ4n) is 3.92. The van der Waals surface area contributed by atoms with E-state index < -0.39 is 0 Å². The molecule has 5 rings (SSSR count). The smallest absolute Gasteiger partial charge is 0.234 e. The Hall–Kier alpha value is -2.90. The summed E-state index contributed by atoms with van der Waals surface area (Å²) in [5, 5.41) is 5.02. The number of nitrogens with one attached hydrogen (secondary N) is 1. The molecule has 1 aliphatic carbocycles. The normalized spacial score (nSPS) is 15.3. The van der Waals surface area contributed by atoms with E-state index in [1.807, 2.05) is 54.6 Å². The number of thiophene rings is 1. The molecule has 1 N–H and O–H groups in total. The van der Waals surface area contributed by atoms with Gasteiger partial charge in [0.05, 0.1) is 5.75 Å². The fourth-order valence-corrected chi connectivity index (χ4v) is 6.16. The Morgan fingerprint density at radius 2 is 1.91 bits per heavy atom. The molecule has 0 unspecified atom stereocenters. The molecule has 0 spiro atoms. The molecule has 7 heteroatoms. The van der Waals surface area contributed by atoms with E-state index in [2.05, 4.69) is 22.2 Å². The lowest BCUT2D eigenvalue weighted by molar-refractivity contribution is -0.113. The van der Waals surface area contributed by atoms with E-state index in [0.717, 1.165) is 51.2 Å². The van der Waals surface area contributed by atoms with Gasteiger partial charge in [-0.3, -0.25) is 4.79 Å². The molecule has 162 valence electrons. The SMILES string of the molecule is C[C@H]1CCc2c(sc3ncnc(SCC(=O)Nc4ccc(Oc5ccccc5)cc4)c23)C1. The van der Waals surface area contributed by atoms with Gasteiger partial charge in [0.25, 0.3) is 0 Å². The Bertz CT molecular complexity index is 1240. The van der Waals surface area contributed by atoms with Gasteiger partial charge < -0.3 is 10.1 Å². The van der Waals surface area contributed by atoms with Crippen molar-refractivity contribution < 1.29 is 9.53 Å². The highest BCUT2D eigenvalue weighted by atomic mass is 32.2. The van der Waals surface area contributed by atoms with Crippen LogP contribution in [0.2, 0.25) is 0 Å². The van der Waals surface area contributed by atoms with Crippen LogP contribution in [0.5, 0.6) is 11.5 Å². The van der Waals surface area contributed by atoms with Gasteiger partial charge in [0.1, 0.15) is 27.7 Å². The van der Waals surface area contributed by atoms with Crippen LogP contribution in [0.4, 0.5) is 5.69 Å². The van der Waals surface area contributed by atoms with Crippen LogP contribution < -0.4 is 10.1 Å². The topological polar surface area (TPSA) is 64.1 Å². The Kier molecular flexibility index (Phi) is 6.10. The Balaban J connectivity index is 1.22. The number of aryl methyl sites for hydroxylation is 1. The molecule has 32 heavy (non-hydrogen) atoms. The number of aromatic nitrogens is 2. The third-order valence-corrected chi connectivity index (χ3v) is 7.67. The van der Waals surface area contributed by atoms with Crippen molar-refractivity contribution in [3.63, 3.8) is 0 Å². The van der Waals surface area contributed by atoms with E-state index in [1.165, 1.54) is 28.6 Å². The van der Waals surface area contributed by atoms with Gasteiger partial charge in [0, 0.05) is 16.0 Å². The first-order valence-electron chi connectivity index (χ1n) is 10.7. The highest BCUT2D eigenvalue weighted by Crippen LogP contribution is 2.40. The third-order valence-electron chi connectivity index (χ3n) is 5.51. The second-order valence-corrected chi connectivity index (χ2v) is 10.0. The predicted octanol–water partition coefficient (Wildman–Crippen LogP) is 6.34. The van der Waals surface area contributed by atoms with Gasteiger partial charge >= 0.3 is 0 Å². The van der Waals surface area contributed by atoms with Crippen LogP contribution in [0.3, 0.4) is 0 Å². The molecule has 0 radical (unpaired) electrons. The molecule has 2 heterocycles. The minimum Gasteiger partial charge on any atom is -0.457 e. The van der Waals surface area contributed by atoms with E-state index in [1.54, 1.807) is 17.7 Å². The quantitative estimate of drug-likeness (QED) is 0.268. The van der Waals surface area contributed by atoms with Crippen molar-refractivity contribution >= 4 is 44.9 Å². The summed E-state index contributed by atoms with van der Waals surface area (Å²) in [5.41, 5.74) is 2.13. The second kappa shape index (κ2) is 9.30. The zero-order valence-electron chi connectivity index (χ0n) is 17.7. The summed E-state index contributed by atoms with van der Waals surface area (Å²) in [6.07, 6.45) is 4.99. The maximum Gasteiger partial charge on any atom is 0.234 e. The molecule has 0 aliphatic heterocycles. The van der Waals surface area contributed by atoms with Crippen LogP contribution in [0.25, 0.3) is 10.2 Å². The molecule has 1 amide bonds. The standard InChI is InChI=1S/C25H23N3O2S2/c1-16-7-12-20-21(13-16)32-25-23(20)24(26-15-27-25)31-14-22(29)28-17-8-10-19(11-9-17)30-18-5-3-2-4-6-18/h2-6,8-11,15-16H,7,12-14H2,1H3,(H,28,29)/t16-/m0/s1. The number of hydrogen-bond acceptors (Lipinski definition) is 6. The summed E-state index contributed by atoms with van der Waals surface area (Å²) in [6, 6.07) is 17.0. The molecule has 5 nitrogen and oxygen atoms in total. The van der Waals surface area contributed by atoms with Crippen LogP contribution in [0.1, 0.15) is 23.8 Å². The average Bonchev–Trinajstić information content (AvgIpc) is 3.18. The summed E-state index contributed by atoms with van der Waals surface area (Å²) >= 11 is 3.26. The largest absolute Gasteiger partial charge is 0.457 e. The molecule has 4 aromatic rings. The minimum atomic E-state index is -0.0591.